The second kappa shape index (κ2) is 3.87. The van der Waals surface area contributed by atoms with Crippen LogP contribution >= 0.6 is 0 Å². The highest BCUT2D eigenvalue weighted by molar-refractivity contribution is 4.59. The van der Waals surface area contributed by atoms with E-state index in [1.54, 1.807) is 0 Å². The van der Waals surface area contributed by atoms with Gasteiger partial charge in [-0.3, -0.25) is 5.32 Å². The predicted molar refractivity (Wildman–Crippen MR) is 36.5 cm³/mol. The van der Waals surface area contributed by atoms with Crippen LogP contribution in [0.15, 0.2) is 0 Å². The Morgan fingerprint density at radius 3 is 2.12 bits per heavy atom. The summed E-state index contributed by atoms with van der Waals surface area (Å²) >= 11 is 0. The number of hydrogen-bond donors (Lipinski definition) is 2. The second-order valence-electron chi connectivity index (χ2n) is 2.26. The molecule has 0 aliphatic rings. The van der Waals surface area contributed by atoms with E-state index in [1.165, 1.54) is 0 Å². The second-order valence-corrected chi connectivity index (χ2v) is 2.26. The lowest BCUT2D eigenvalue weighted by molar-refractivity contribution is 0.467. The predicted octanol–water partition coefficient (Wildman–Crippen LogP) is 0.679. The van der Waals surface area contributed by atoms with Crippen LogP contribution in [0.5, 0.6) is 0 Å². The van der Waals surface area contributed by atoms with Crippen molar-refractivity contribution >= 4 is 0 Å². The van der Waals surface area contributed by atoms with Crippen LogP contribution in [0.4, 0.5) is 0 Å². The number of nitrogens with two attached hydrogens (primary N) is 1. The van der Waals surface area contributed by atoms with E-state index in [1.807, 2.05) is 6.92 Å². The summed E-state index contributed by atoms with van der Waals surface area (Å²) in [6.07, 6.45) is 1.27. The maximum atomic E-state index is 5.46. The fourth-order valence-electron chi connectivity index (χ4n) is 0.567. The first-order valence-corrected chi connectivity index (χ1v) is 3.18. The van der Waals surface area contributed by atoms with E-state index in [0.717, 1.165) is 6.42 Å². The topological polar surface area (TPSA) is 38.0 Å². The molecular formula is C6H16N2. The van der Waals surface area contributed by atoms with Gasteiger partial charge in [-0.25, -0.2) is 0 Å². The van der Waals surface area contributed by atoms with Gasteiger partial charge in [0.1, 0.15) is 0 Å². The van der Waals surface area contributed by atoms with Crippen LogP contribution in [0.2, 0.25) is 0 Å². The lowest BCUT2D eigenvalue weighted by Gasteiger charge is -2.13. The quantitative estimate of drug-likeness (QED) is 0.532. The molecule has 1 unspecified atom stereocenters. The highest BCUT2D eigenvalue weighted by Gasteiger charge is 1.97. The molecule has 0 saturated carbocycles. The average Bonchev–Trinajstić information content (AvgIpc) is 1.65. The van der Waals surface area contributed by atoms with Crippen LogP contribution in [0.3, 0.4) is 0 Å². The average molecular weight is 116 g/mol. The van der Waals surface area contributed by atoms with Crippen molar-refractivity contribution in [1.82, 2.24) is 5.32 Å². The minimum Gasteiger partial charge on any atom is -0.316 e. The fraction of sp³-hybridized carbons (Fsp3) is 1.00. The summed E-state index contributed by atoms with van der Waals surface area (Å²) in [7, 11) is 0. The summed E-state index contributed by atoms with van der Waals surface area (Å²) < 4.78 is 0. The van der Waals surface area contributed by atoms with Crippen LogP contribution in [0.1, 0.15) is 27.2 Å². The van der Waals surface area contributed by atoms with E-state index in [2.05, 4.69) is 19.2 Å². The molecular weight excluding hydrogens is 100 g/mol. The molecule has 0 aromatic rings. The van der Waals surface area contributed by atoms with Crippen molar-refractivity contribution in [2.45, 2.75) is 39.4 Å². The zero-order valence-electron chi connectivity index (χ0n) is 5.94. The number of nitrogens with one attached hydrogen (secondary N) is 1. The normalized spacial score (nSPS) is 18.0. The van der Waals surface area contributed by atoms with Crippen molar-refractivity contribution in [2.75, 3.05) is 0 Å². The minimum atomic E-state index is 0.130. The molecule has 2 nitrogen and oxygen atoms in total. The van der Waals surface area contributed by atoms with Crippen molar-refractivity contribution in [2.24, 2.45) is 5.73 Å². The molecule has 0 amide bonds. The molecule has 0 aliphatic heterocycles. The van der Waals surface area contributed by atoms with Crippen LogP contribution in [-0.2, 0) is 0 Å². The molecule has 2 atom stereocenters. The Bertz CT molecular complexity index is 52.5. The first-order valence-electron chi connectivity index (χ1n) is 3.18. The van der Waals surface area contributed by atoms with Gasteiger partial charge in [-0.2, -0.15) is 0 Å². The Morgan fingerprint density at radius 2 is 2.00 bits per heavy atom. The van der Waals surface area contributed by atoms with Gasteiger partial charge in [0.2, 0.25) is 0 Å². The van der Waals surface area contributed by atoms with E-state index in [4.69, 9.17) is 5.73 Å². The van der Waals surface area contributed by atoms with Crippen LogP contribution in [-0.4, -0.2) is 12.2 Å². The molecule has 0 saturated heterocycles. The van der Waals surface area contributed by atoms with E-state index < -0.39 is 0 Å². The highest BCUT2D eigenvalue weighted by Crippen LogP contribution is 1.86. The Balaban J connectivity index is 3.10. The molecule has 0 aromatic carbocycles. The Hall–Kier alpha value is -0.0800. The SMILES string of the molecule is CC[C@@H](C)NC(C)N. The molecule has 0 aromatic heterocycles. The standard InChI is InChI=1S/C6H16N2/c1-4-5(2)8-6(3)7/h5-6,8H,4,7H2,1-3H3/t5-,6?/m1/s1. The molecule has 50 valence electrons. The highest BCUT2D eigenvalue weighted by atomic mass is 15.0. The Kier molecular flexibility index (Phi) is 3.83. The third-order valence-electron chi connectivity index (χ3n) is 1.16. The lowest BCUT2D eigenvalue weighted by atomic mass is 10.2. The monoisotopic (exact) mass is 116 g/mol. The molecule has 2 heteroatoms. The summed E-state index contributed by atoms with van der Waals surface area (Å²) in [6, 6.07) is 0.551. The lowest BCUT2D eigenvalue weighted by Crippen LogP contribution is -2.39. The van der Waals surface area contributed by atoms with Gasteiger partial charge in [0.15, 0.2) is 0 Å². The Morgan fingerprint density at radius 1 is 1.50 bits per heavy atom. The molecule has 0 bridgehead atoms. The van der Waals surface area contributed by atoms with E-state index in [9.17, 15) is 0 Å². The summed E-state index contributed by atoms with van der Waals surface area (Å²) in [5, 5.41) is 3.17. The number of rotatable bonds is 3. The zero-order chi connectivity index (χ0) is 6.57. The van der Waals surface area contributed by atoms with Gasteiger partial charge in [-0.15, -0.1) is 0 Å². The molecule has 0 heterocycles. The number of hydrogen-bond acceptors (Lipinski definition) is 2. The molecule has 3 N–H and O–H groups in total. The van der Waals surface area contributed by atoms with Gasteiger partial charge in [0.25, 0.3) is 0 Å². The van der Waals surface area contributed by atoms with Crippen molar-refractivity contribution in [3.05, 3.63) is 0 Å². The van der Waals surface area contributed by atoms with Gasteiger partial charge in [0.05, 0.1) is 6.17 Å². The maximum absolute atomic E-state index is 5.46. The van der Waals surface area contributed by atoms with Crippen LogP contribution < -0.4 is 11.1 Å². The molecule has 0 radical (unpaired) electrons. The van der Waals surface area contributed by atoms with Crippen LogP contribution in [0, 0.1) is 0 Å². The molecule has 0 fully saturated rings. The van der Waals surface area contributed by atoms with Crippen molar-refractivity contribution in [3.8, 4) is 0 Å². The van der Waals surface area contributed by atoms with Gasteiger partial charge < -0.3 is 5.73 Å². The summed E-state index contributed by atoms with van der Waals surface area (Å²) in [6.45, 7) is 6.22. The minimum absolute atomic E-state index is 0.130. The molecule has 0 spiro atoms. The first-order chi connectivity index (χ1) is 3.66. The largest absolute Gasteiger partial charge is 0.316 e. The van der Waals surface area contributed by atoms with Gasteiger partial charge in [0, 0.05) is 6.04 Å². The third-order valence-corrected chi connectivity index (χ3v) is 1.16. The molecule has 8 heavy (non-hydrogen) atoms. The summed E-state index contributed by atoms with van der Waals surface area (Å²) in [4.78, 5) is 0. The molecule has 0 aliphatic carbocycles. The maximum Gasteiger partial charge on any atom is 0.0519 e. The smallest absolute Gasteiger partial charge is 0.0519 e. The first kappa shape index (κ1) is 7.92. The molecule has 0 rings (SSSR count). The van der Waals surface area contributed by atoms with Gasteiger partial charge in [-0.05, 0) is 20.3 Å². The summed E-state index contributed by atoms with van der Waals surface area (Å²) in [5.74, 6) is 0. The van der Waals surface area contributed by atoms with E-state index in [0.29, 0.717) is 6.04 Å². The van der Waals surface area contributed by atoms with Crippen molar-refractivity contribution in [3.63, 3.8) is 0 Å². The van der Waals surface area contributed by atoms with Crippen molar-refractivity contribution in [1.29, 1.82) is 0 Å². The Labute approximate surface area is 51.5 Å². The van der Waals surface area contributed by atoms with Gasteiger partial charge in [-0.1, -0.05) is 6.92 Å². The van der Waals surface area contributed by atoms with Crippen molar-refractivity contribution < 1.29 is 0 Å². The van der Waals surface area contributed by atoms with E-state index >= 15 is 0 Å². The van der Waals surface area contributed by atoms with Crippen LogP contribution in [0.25, 0.3) is 0 Å². The van der Waals surface area contributed by atoms with Gasteiger partial charge >= 0.3 is 0 Å². The third kappa shape index (κ3) is 4.09. The zero-order valence-corrected chi connectivity index (χ0v) is 5.94. The summed E-state index contributed by atoms with van der Waals surface area (Å²) in [5.41, 5.74) is 5.46. The van der Waals surface area contributed by atoms with E-state index in [-0.39, 0.29) is 6.17 Å². The fourth-order valence-corrected chi connectivity index (χ4v) is 0.567.